The van der Waals surface area contributed by atoms with Crippen LogP contribution in [0.5, 0.6) is 5.75 Å². The highest BCUT2D eigenvalue weighted by Crippen LogP contribution is 2.20. The van der Waals surface area contributed by atoms with Crippen LogP contribution in [-0.2, 0) is 6.54 Å². The molecule has 0 aliphatic heterocycles. The number of nitrogens with one attached hydrogen (secondary N) is 1. The Balaban J connectivity index is 1.62. The van der Waals surface area contributed by atoms with Gasteiger partial charge in [0.2, 0.25) is 0 Å². The van der Waals surface area contributed by atoms with Gasteiger partial charge in [0.1, 0.15) is 5.75 Å². The molecule has 2 rings (SSSR count). The lowest BCUT2D eigenvalue weighted by Crippen LogP contribution is -2.15. The second kappa shape index (κ2) is 7.13. The Morgan fingerprint density at radius 2 is 2.06 bits per heavy atom. The number of hydrogen-bond donors (Lipinski definition) is 1. The summed E-state index contributed by atoms with van der Waals surface area (Å²) in [5, 5.41) is 3.38. The summed E-state index contributed by atoms with van der Waals surface area (Å²) in [5.41, 5.74) is 1.18. The van der Waals surface area contributed by atoms with Gasteiger partial charge < -0.3 is 14.5 Å². The van der Waals surface area contributed by atoms with Gasteiger partial charge in [-0.1, -0.05) is 0 Å². The highest BCUT2D eigenvalue weighted by atomic mass is 32.2. The quantitative estimate of drug-likeness (QED) is 0.614. The van der Waals surface area contributed by atoms with Crippen molar-refractivity contribution in [1.29, 1.82) is 0 Å². The summed E-state index contributed by atoms with van der Waals surface area (Å²) in [6.07, 6.45) is 3.47. The predicted molar refractivity (Wildman–Crippen MR) is 74.1 cm³/mol. The van der Waals surface area contributed by atoms with Crippen molar-refractivity contribution in [2.24, 2.45) is 0 Å². The first-order valence-electron chi connectivity index (χ1n) is 5.87. The van der Waals surface area contributed by atoms with Crippen molar-refractivity contribution < 1.29 is 9.15 Å². The second-order valence-electron chi connectivity index (χ2n) is 3.83. The molecule has 4 heteroatoms. The van der Waals surface area contributed by atoms with Crippen LogP contribution in [0, 0.1) is 0 Å². The van der Waals surface area contributed by atoms with Gasteiger partial charge in [0.25, 0.3) is 0 Å². The van der Waals surface area contributed by atoms with Crippen molar-refractivity contribution in [3.63, 3.8) is 0 Å². The minimum Gasteiger partial charge on any atom is -0.497 e. The van der Waals surface area contributed by atoms with Crippen molar-refractivity contribution >= 4 is 11.8 Å². The molecule has 0 saturated heterocycles. The van der Waals surface area contributed by atoms with Crippen LogP contribution in [0.4, 0.5) is 0 Å². The number of rotatable bonds is 7. The number of benzene rings is 1. The predicted octanol–water partition coefficient (Wildman–Crippen LogP) is 3.17. The van der Waals surface area contributed by atoms with E-state index in [4.69, 9.17) is 9.15 Å². The fourth-order valence-electron chi connectivity index (χ4n) is 1.54. The summed E-state index contributed by atoms with van der Waals surface area (Å²) in [5.74, 6) is 1.95. The average molecular weight is 263 g/mol. The SMILES string of the molecule is COc1ccc(SCCNCc2ccoc2)cc1. The Kier molecular flexibility index (Phi) is 5.17. The number of ether oxygens (including phenoxy) is 1. The van der Waals surface area contributed by atoms with E-state index in [-0.39, 0.29) is 0 Å². The molecule has 0 bridgehead atoms. The first-order chi connectivity index (χ1) is 8.88. The summed E-state index contributed by atoms with van der Waals surface area (Å²) in [6.45, 7) is 1.83. The Labute approximate surface area is 112 Å². The number of furan rings is 1. The lowest BCUT2D eigenvalue weighted by atomic mass is 10.3. The van der Waals surface area contributed by atoms with E-state index in [2.05, 4.69) is 17.4 Å². The molecule has 1 heterocycles. The Bertz CT molecular complexity index is 439. The number of methoxy groups -OCH3 is 1. The van der Waals surface area contributed by atoms with E-state index in [9.17, 15) is 0 Å². The molecular formula is C14H17NO2S. The highest BCUT2D eigenvalue weighted by molar-refractivity contribution is 7.99. The summed E-state index contributed by atoms with van der Waals surface area (Å²) >= 11 is 1.84. The van der Waals surface area contributed by atoms with Crippen molar-refractivity contribution in [2.75, 3.05) is 19.4 Å². The van der Waals surface area contributed by atoms with Gasteiger partial charge in [-0.25, -0.2) is 0 Å². The zero-order valence-corrected chi connectivity index (χ0v) is 11.2. The fraction of sp³-hybridized carbons (Fsp3) is 0.286. The van der Waals surface area contributed by atoms with E-state index < -0.39 is 0 Å². The molecule has 0 amide bonds. The van der Waals surface area contributed by atoms with Gasteiger partial charge >= 0.3 is 0 Å². The number of hydrogen-bond acceptors (Lipinski definition) is 4. The minimum atomic E-state index is 0.861. The summed E-state index contributed by atoms with van der Waals surface area (Å²) in [7, 11) is 1.68. The second-order valence-corrected chi connectivity index (χ2v) is 5.00. The zero-order chi connectivity index (χ0) is 12.6. The smallest absolute Gasteiger partial charge is 0.118 e. The standard InChI is InChI=1S/C14H17NO2S/c1-16-13-2-4-14(5-3-13)18-9-7-15-10-12-6-8-17-11-12/h2-6,8,11,15H,7,9-10H2,1H3. The summed E-state index contributed by atoms with van der Waals surface area (Å²) in [6, 6.07) is 10.1. The average Bonchev–Trinajstić information content (AvgIpc) is 2.92. The van der Waals surface area contributed by atoms with Gasteiger partial charge in [-0.15, -0.1) is 11.8 Å². The maximum absolute atomic E-state index is 5.12. The molecular weight excluding hydrogens is 246 g/mol. The van der Waals surface area contributed by atoms with Gasteiger partial charge in [0, 0.05) is 29.3 Å². The van der Waals surface area contributed by atoms with E-state index in [1.165, 1.54) is 10.5 Å². The van der Waals surface area contributed by atoms with Gasteiger partial charge in [0.15, 0.2) is 0 Å². The lowest BCUT2D eigenvalue weighted by molar-refractivity contribution is 0.414. The molecule has 0 aliphatic carbocycles. The van der Waals surface area contributed by atoms with Crippen LogP contribution >= 0.6 is 11.8 Å². The Morgan fingerprint density at radius 3 is 2.72 bits per heavy atom. The molecule has 0 spiro atoms. The van der Waals surface area contributed by atoms with Gasteiger partial charge in [-0.2, -0.15) is 0 Å². The maximum Gasteiger partial charge on any atom is 0.118 e. The van der Waals surface area contributed by atoms with Crippen LogP contribution in [0.2, 0.25) is 0 Å². The fourth-order valence-corrected chi connectivity index (χ4v) is 2.35. The highest BCUT2D eigenvalue weighted by Gasteiger charge is 1.96. The van der Waals surface area contributed by atoms with Crippen molar-refractivity contribution in [3.8, 4) is 5.75 Å². The molecule has 1 aromatic heterocycles. The van der Waals surface area contributed by atoms with E-state index >= 15 is 0 Å². The molecule has 3 nitrogen and oxygen atoms in total. The first kappa shape index (κ1) is 13.1. The van der Waals surface area contributed by atoms with E-state index in [1.807, 2.05) is 30.0 Å². The largest absolute Gasteiger partial charge is 0.497 e. The van der Waals surface area contributed by atoms with Crippen LogP contribution in [0.3, 0.4) is 0 Å². The third-order valence-electron chi connectivity index (χ3n) is 2.52. The first-order valence-corrected chi connectivity index (χ1v) is 6.85. The minimum absolute atomic E-state index is 0.861. The van der Waals surface area contributed by atoms with Crippen LogP contribution in [0.25, 0.3) is 0 Å². The third kappa shape index (κ3) is 4.13. The zero-order valence-electron chi connectivity index (χ0n) is 10.4. The molecule has 18 heavy (non-hydrogen) atoms. The molecule has 0 fully saturated rings. The van der Waals surface area contributed by atoms with Crippen LogP contribution < -0.4 is 10.1 Å². The van der Waals surface area contributed by atoms with Crippen LogP contribution in [0.15, 0.2) is 52.2 Å². The topological polar surface area (TPSA) is 34.4 Å². The van der Waals surface area contributed by atoms with E-state index in [1.54, 1.807) is 19.6 Å². The molecule has 0 aliphatic rings. The summed E-state index contributed by atoms with van der Waals surface area (Å²) in [4.78, 5) is 1.26. The summed E-state index contributed by atoms with van der Waals surface area (Å²) < 4.78 is 10.1. The third-order valence-corrected chi connectivity index (χ3v) is 3.53. The Morgan fingerprint density at radius 1 is 1.22 bits per heavy atom. The van der Waals surface area contributed by atoms with E-state index in [0.29, 0.717) is 0 Å². The molecule has 0 atom stereocenters. The van der Waals surface area contributed by atoms with Crippen LogP contribution in [0.1, 0.15) is 5.56 Å². The van der Waals surface area contributed by atoms with Gasteiger partial charge in [-0.05, 0) is 30.3 Å². The normalized spacial score (nSPS) is 10.5. The molecule has 2 aromatic rings. The van der Waals surface area contributed by atoms with Crippen molar-refractivity contribution in [1.82, 2.24) is 5.32 Å². The monoisotopic (exact) mass is 263 g/mol. The molecule has 0 radical (unpaired) electrons. The molecule has 0 saturated carbocycles. The van der Waals surface area contributed by atoms with Crippen LogP contribution in [-0.4, -0.2) is 19.4 Å². The van der Waals surface area contributed by atoms with Gasteiger partial charge in [-0.3, -0.25) is 0 Å². The van der Waals surface area contributed by atoms with Gasteiger partial charge in [0.05, 0.1) is 19.6 Å². The maximum atomic E-state index is 5.12. The Hall–Kier alpha value is -1.39. The molecule has 1 N–H and O–H groups in total. The molecule has 1 aromatic carbocycles. The number of thioether (sulfide) groups is 1. The van der Waals surface area contributed by atoms with Crippen molar-refractivity contribution in [3.05, 3.63) is 48.4 Å². The molecule has 0 unspecified atom stereocenters. The lowest BCUT2D eigenvalue weighted by Gasteiger charge is -2.04. The molecule has 96 valence electrons. The van der Waals surface area contributed by atoms with Crippen molar-refractivity contribution in [2.45, 2.75) is 11.4 Å². The van der Waals surface area contributed by atoms with E-state index in [0.717, 1.165) is 24.6 Å².